The van der Waals surface area contributed by atoms with Crippen LogP contribution in [0.2, 0.25) is 0 Å². The topological polar surface area (TPSA) is 6.48 Å². The Labute approximate surface area is 345 Å². The molecule has 3 aliphatic carbocycles. The van der Waals surface area contributed by atoms with Gasteiger partial charge in [0.05, 0.1) is 11.4 Å². The van der Waals surface area contributed by atoms with Crippen LogP contribution in [-0.2, 0) is 5.66 Å². The quantitative estimate of drug-likeness (QED) is 0.167. The molecule has 0 spiro atoms. The van der Waals surface area contributed by atoms with Crippen LogP contribution in [0.3, 0.4) is 0 Å². The average Bonchev–Trinajstić information content (AvgIpc) is 3.62. The molecule has 0 radical (unpaired) electrons. The van der Waals surface area contributed by atoms with E-state index in [0.29, 0.717) is 0 Å². The van der Waals surface area contributed by atoms with Gasteiger partial charge in [0.15, 0.2) is 5.66 Å². The Hall–Kier alpha value is -7.42. The first-order chi connectivity index (χ1) is 29.3. The molecule has 278 valence electrons. The highest BCUT2D eigenvalue weighted by molar-refractivity contribution is 5.95. The minimum atomic E-state index is -0.796. The summed E-state index contributed by atoms with van der Waals surface area (Å²) in [6.07, 6.45) is 0. The number of rotatable bonds is 6. The van der Waals surface area contributed by atoms with Gasteiger partial charge in [-0.3, -0.25) is 0 Å². The molecule has 1 heterocycles. The highest BCUT2D eigenvalue weighted by atomic mass is 15.5. The Bertz CT molecular complexity index is 2720. The van der Waals surface area contributed by atoms with Gasteiger partial charge in [0, 0.05) is 34.3 Å². The Morgan fingerprint density at radius 3 is 0.898 bits per heavy atom. The van der Waals surface area contributed by atoms with Crippen molar-refractivity contribution < 1.29 is 0 Å². The predicted octanol–water partition coefficient (Wildman–Crippen LogP) is 14.2. The van der Waals surface area contributed by atoms with Crippen molar-refractivity contribution in [3.8, 4) is 22.3 Å². The molecule has 1 aliphatic heterocycles. The number of hydrogen-bond acceptors (Lipinski definition) is 2. The normalized spacial score (nSPS) is 16.5. The van der Waals surface area contributed by atoms with Crippen LogP contribution >= 0.6 is 0 Å². The molecule has 9 aromatic rings. The lowest BCUT2D eigenvalue weighted by Gasteiger charge is -2.47. The fourth-order valence-corrected chi connectivity index (χ4v) is 10.5. The second-order valence-electron chi connectivity index (χ2n) is 16.0. The molecule has 59 heavy (non-hydrogen) atoms. The van der Waals surface area contributed by atoms with Gasteiger partial charge in [-0.15, -0.1) is 0 Å². The zero-order valence-electron chi connectivity index (χ0n) is 32.5. The van der Waals surface area contributed by atoms with Gasteiger partial charge in [-0.25, -0.2) is 0 Å². The van der Waals surface area contributed by atoms with Gasteiger partial charge < -0.3 is 9.80 Å². The number of hydrogen-bond donors (Lipinski definition) is 0. The Balaban J connectivity index is 1.17. The number of fused-ring (bicyclic) bond motifs is 1. The molecule has 9 aromatic carbocycles. The van der Waals surface area contributed by atoms with Crippen LogP contribution < -0.4 is 9.80 Å². The smallest absolute Gasteiger partial charge is 0.175 e. The molecule has 0 unspecified atom stereocenters. The summed E-state index contributed by atoms with van der Waals surface area (Å²) in [5, 5.41) is 0. The van der Waals surface area contributed by atoms with Crippen LogP contribution in [0.15, 0.2) is 231 Å². The monoisotopic (exact) mass is 752 g/mol. The van der Waals surface area contributed by atoms with E-state index >= 15 is 0 Å². The van der Waals surface area contributed by atoms with Gasteiger partial charge in [-0.1, -0.05) is 194 Å². The van der Waals surface area contributed by atoms with Crippen molar-refractivity contribution in [3.05, 3.63) is 275 Å². The summed E-state index contributed by atoms with van der Waals surface area (Å²) in [7, 11) is 0. The van der Waals surface area contributed by atoms with Crippen LogP contribution in [-0.4, -0.2) is 0 Å². The molecule has 2 nitrogen and oxygen atoms in total. The van der Waals surface area contributed by atoms with E-state index < -0.39 is 5.66 Å². The minimum Gasteiger partial charge on any atom is -0.308 e. The third-order valence-corrected chi connectivity index (χ3v) is 13.0. The van der Waals surface area contributed by atoms with E-state index in [0.717, 1.165) is 11.4 Å². The Kier molecular flexibility index (Phi) is 7.61. The molecule has 2 bridgehead atoms. The molecule has 13 rings (SSSR count). The first-order valence-electron chi connectivity index (χ1n) is 20.7. The largest absolute Gasteiger partial charge is 0.308 e. The molecule has 0 saturated carbocycles. The molecule has 0 N–H and O–H groups in total. The van der Waals surface area contributed by atoms with E-state index in [1.807, 2.05) is 0 Å². The van der Waals surface area contributed by atoms with Crippen molar-refractivity contribution in [3.63, 3.8) is 0 Å². The van der Waals surface area contributed by atoms with E-state index in [1.165, 1.54) is 78.1 Å². The molecule has 0 atom stereocenters. The van der Waals surface area contributed by atoms with Crippen molar-refractivity contribution in [2.75, 3.05) is 9.80 Å². The van der Waals surface area contributed by atoms with Crippen LogP contribution in [0.4, 0.5) is 22.7 Å². The van der Waals surface area contributed by atoms with E-state index in [2.05, 4.69) is 240 Å². The molecular formula is C57H40N2. The first kappa shape index (κ1) is 33.7. The molecule has 2 heteroatoms. The van der Waals surface area contributed by atoms with Gasteiger partial charge in [0.2, 0.25) is 0 Å². The zero-order chi connectivity index (χ0) is 38.9. The summed E-state index contributed by atoms with van der Waals surface area (Å²) in [5.41, 5.74) is 19.5. The van der Waals surface area contributed by atoms with Crippen LogP contribution in [0.1, 0.15) is 56.3 Å². The maximum atomic E-state index is 2.63. The zero-order valence-corrected chi connectivity index (χ0v) is 32.5. The van der Waals surface area contributed by atoms with Crippen molar-refractivity contribution in [2.45, 2.75) is 17.5 Å². The van der Waals surface area contributed by atoms with Gasteiger partial charge in [-0.05, 0) is 92.0 Å². The van der Waals surface area contributed by atoms with Crippen LogP contribution in [0.5, 0.6) is 0 Å². The summed E-state index contributed by atoms with van der Waals surface area (Å²) in [4.78, 5) is 5.26. The SMILES string of the molecule is c1ccc(-c2ccc(N3c4cc5c(cc4N(c4ccc(-c6ccccc6)cc4)C3(c3ccccc3)c3ccccc3)C3c4ccccc4C5c4ccccc43)cc2)cc1. The van der Waals surface area contributed by atoms with Crippen LogP contribution in [0, 0.1) is 0 Å². The summed E-state index contributed by atoms with van der Waals surface area (Å²) in [6, 6.07) is 85.5. The molecule has 0 aromatic heterocycles. The molecule has 0 amide bonds. The van der Waals surface area contributed by atoms with Crippen LogP contribution in [0.25, 0.3) is 22.3 Å². The van der Waals surface area contributed by atoms with Crippen molar-refractivity contribution in [1.82, 2.24) is 0 Å². The Morgan fingerprint density at radius 2 is 0.559 bits per heavy atom. The third-order valence-electron chi connectivity index (χ3n) is 13.0. The van der Waals surface area contributed by atoms with E-state index in [4.69, 9.17) is 0 Å². The Morgan fingerprint density at radius 1 is 0.271 bits per heavy atom. The lowest BCUT2D eigenvalue weighted by Crippen LogP contribution is -2.51. The summed E-state index contributed by atoms with van der Waals surface area (Å²) in [5.74, 6) is 0.300. The van der Waals surface area contributed by atoms with Gasteiger partial charge in [0.25, 0.3) is 0 Å². The van der Waals surface area contributed by atoms with Gasteiger partial charge in [0.1, 0.15) is 0 Å². The average molecular weight is 753 g/mol. The van der Waals surface area contributed by atoms with E-state index in [1.54, 1.807) is 0 Å². The second-order valence-corrected chi connectivity index (χ2v) is 16.0. The standard InChI is InChI=1S/C57H40N2/c1-5-17-39(18-6-1)41-29-33-45(34-30-41)58-53-37-51-52(56-49-27-15-13-25-47(49)55(51)48-26-14-16-28-50(48)56)38-54(53)59(46-35-31-42(32-36-46)40-19-7-2-8-20-40)57(58,43-21-9-3-10-22-43)44-23-11-4-12-24-44/h1-38,55-56H. The fraction of sp³-hybridized carbons (Fsp3) is 0.0526. The fourth-order valence-electron chi connectivity index (χ4n) is 10.5. The molecular weight excluding hydrogens is 713 g/mol. The lowest BCUT2D eigenvalue weighted by molar-refractivity contribution is 0.559. The van der Waals surface area contributed by atoms with Crippen molar-refractivity contribution in [1.29, 1.82) is 0 Å². The number of benzene rings is 9. The highest BCUT2D eigenvalue weighted by Gasteiger charge is 2.55. The first-order valence-corrected chi connectivity index (χ1v) is 20.7. The highest BCUT2D eigenvalue weighted by Crippen LogP contribution is 2.64. The number of anilines is 4. The van der Waals surface area contributed by atoms with Crippen molar-refractivity contribution >= 4 is 22.7 Å². The predicted molar refractivity (Wildman–Crippen MR) is 243 cm³/mol. The summed E-state index contributed by atoms with van der Waals surface area (Å²) < 4.78 is 0. The van der Waals surface area contributed by atoms with Crippen molar-refractivity contribution in [2.24, 2.45) is 0 Å². The molecule has 4 aliphatic rings. The maximum Gasteiger partial charge on any atom is 0.175 e. The molecule has 0 saturated heterocycles. The second kappa shape index (κ2) is 13.3. The lowest BCUT2D eigenvalue weighted by atomic mass is 9.61. The van der Waals surface area contributed by atoms with Gasteiger partial charge in [-0.2, -0.15) is 0 Å². The summed E-state index contributed by atoms with van der Waals surface area (Å²) in [6.45, 7) is 0. The third kappa shape index (κ3) is 5.00. The number of nitrogens with zero attached hydrogens (tertiary/aromatic N) is 2. The van der Waals surface area contributed by atoms with E-state index in [9.17, 15) is 0 Å². The van der Waals surface area contributed by atoms with E-state index in [-0.39, 0.29) is 11.8 Å². The molecule has 0 fully saturated rings. The summed E-state index contributed by atoms with van der Waals surface area (Å²) >= 11 is 0. The maximum absolute atomic E-state index is 2.63. The van der Waals surface area contributed by atoms with Gasteiger partial charge >= 0.3 is 0 Å². The minimum absolute atomic E-state index is 0.150.